The zero-order valence-electron chi connectivity index (χ0n) is 5.01. The Morgan fingerprint density at radius 2 is 1.38 bits per heavy atom. The molecule has 0 N–H and O–H groups in total. The molecule has 1 aliphatic carbocycles. The van der Waals surface area contributed by atoms with E-state index in [2.05, 4.69) is 18.7 Å². The van der Waals surface area contributed by atoms with E-state index < -0.39 is 0 Å². The second-order valence-corrected chi connectivity index (χ2v) is 1.76. The first kappa shape index (κ1) is 7.23. The van der Waals surface area contributed by atoms with Crippen molar-refractivity contribution in [2.45, 2.75) is 25.7 Å². The van der Waals surface area contributed by atoms with Crippen molar-refractivity contribution in [2.24, 2.45) is 0 Å². The average Bonchev–Trinajstić information content (AvgIpc) is 1.96. The Balaban J connectivity index is 0.000000222. The smallest absolute Gasteiger partial charge is 0.0462 e. The van der Waals surface area contributed by atoms with Crippen molar-refractivity contribution < 1.29 is 0 Å². The van der Waals surface area contributed by atoms with Crippen molar-refractivity contribution in [3.05, 3.63) is 12.2 Å². The molecule has 8 heavy (non-hydrogen) atoms. The molecule has 0 atom stereocenters. The summed E-state index contributed by atoms with van der Waals surface area (Å²) in [7, 11) is 0. The Kier molecular flexibility index (Phi) is 5.63. The summed E-state index contributed by atoms with van der Waals surface area (Å²) >= 11 is 0. The molecular weight excluding hydrogens is 98.1 g/mol. The van der Waals surface area contributed by atoms with Crippen LogP contribution in [0.1, 0.15) is 25.7 Å². The van der Waals surface area contributed by atoms with E-state index in [1.54, 1.807) is 0 Å². The molecule has 0 heterocycles. The molecule has 1 rings (SSSR count). The lowest BCUT2D eigenvalue weighted by Crippen LogP contribution is -1.77. The molecule has 0 saturated carbocycles. The van der Waals surface area contributed by atoms with Crippen LogP contribution in [0.4, 0.5) is 0 Å². The fourth-order valence-corrected chi connectivity index (χ4v) is 0.760. The summed E-state index contributed by atoms with van der Waals surface area (Å²) in [6.07, 6.45) is 10.0. The van der Waals surface area contributed by atoms with Gasteiger partial charge in [0.05, 0.1) is 0 Å². The minimum absolute atomic E-state index is 1.32. The van der Waals surface area contributed by atoms with E-state index in [0.717, 1.165) is 0 Å². The third-order valence-corrected chi connectivity index (χ3v) is 1.16. The fourth-order valence-electron chi connectivity index (χ4n) is 0.760. The summed E-state index contributed by atoms with van der Waals surface area (Å²) in [5.41, 5.74) is 0. The Bertz CT molecular complexity index is 73.6. The summed E-state index contributed by atoms with van der Waals surface area (Å²) in [5, 5.41) is 6.50. The number of hydrogen-bond donors (Lipinski definition) is 0. The second kappa shape index (κ2) is 6.23. The maximum absolute atomic E-state index is 6.50. The van der Waals surface area contributed by atoms with E-state index in [-0.39, 0.29) is 0 Å². The quantitative estimate of drug-likeness (QED) is 0.438. The van der Waals surface area contributed by atoms with Gasteiger partial charge >= 0.3 is 0 Å². The van der Waals surface area contributed by atoms with Gasteiger partial charge in [-0.05, 0) is 25.7 Å². The monoisotopic (exact) mass is 109 g/mol. The molecular formula is C7H11N. The molecule has 0 aromatic rings. The van der Waals surface area contributed by atoms with Crippen LogP contribution in [-0.4, -0.2) is 0 Å². The molecule has 0 bridgehead atoms. The number of allylic oxidation sites excluding steroid dienone is 2. The number of rotatable bonds is 0. The predicted molar refractivity (Wildman–Crippen MR) is 34.3 cm³/mol. The van der Waals surface area contributed by atoms with E-state index in [4.69, 9.17) is 5.26 Å². The van der Waals surface area contributed by atoms with Gasteiger partial charge in [0.2, 0.25) is 0 Å². The van der Waals surface area contributed by atoms with Crippen LogP contribution in [0.5, 0.6) is 0 Å². The zero-order valence-corrected chi connectivity index (χ0v) is 5.01. The van der Waals surface area contributed by atoms with Crippen LogP contribution in [-0.2, 0) is 0 Å². The Morgan fingerprint density at radius 1 is 1.00 bits per heavy atom. The summed E-state index contributed by atoms with van der Waals surface area (Å²) < 4.78 is 0. The van der Waals surface area contributed by atoms with Gasteiger partial charge in [0.15, 0.2) is 0 Å². The molecule has 0 aromatic carbocycles. The van der Waals surface area contributed by atoms with Gasteiger partial charge in [0.1, 0.15) is 0 Å². The lowest BCUT2D eigenvalue weighted by atomic mass is 10.1. The third kappa shape index (κ3) is 3.42. The molecule has 0 aromatic heterocycles. The van der Waals surface area contributed by atoms with Gasteiger partial charge in [-0.3, -0.25) is 0 Å². The molecule has 0 fully saturated rings. The van der Waals surface area contributed by atoms with Gasteiger partial charge in [0, 0.05) is 6.57 Å². The largest absolute Gasteiger partial charge is 0.202 e. The zero-order chi connectivity index (χ0) is 6.24. The third-order valence-electron chi connectivity index (χ3n) is 1.16. The highest BCUT2D eigenvalue weighted by molar-refractivity contribution is 4.85. The Morgan fingerprint density at radius 3 is 1.50 bits per heavy atom. The van der Waals surface area contributed by atoms with Gasteiger partial charge in [-0.25, -0.2) is 5.26 Å². The second-order valence-electron chi connectivity index (χ2n) is 1.76. The predicted octanol–water partition coefficient (Wildman–Crippen LogP) is 2.26. The first-order valence-corrected chi connectivity index (χ1v) is 2.91. The SMILES string of the molecule is C#N.C1=CCCCC1. The highest BCUT2D eigenvalue weighted by atomic mass is 14.2. The van der Waals surface area contributed by atoms with E-state index in [9.17, 15) is 0 Å². The van der Waals surface area contributed by atoms with E-state index >= 15 is 0 Å². The molecule has 44 valence electrons. The molecule has 1 heteroatoms. The molecule has 0 amide bonds. The number of nitriles is 1. The maximum Gasteiger partial charge on any atom is 0.0462 e. The van der Waals surface area contributed by atoms with Crippen molar-refractivity contribution in [1.82, 2.24) is 0 Å². The highest BCUT2D eigenvalue weighted by Gasteiger charge is 1.87. The normalized spacial score (nSPS) is 16.2. The number of nitrogens with zero attached hydrogens (tertiary/aromatic N) is 1. The first-order chi connectivity index (χ1) is 4.00. The molecule has 0 unspecified atom stereocenters. The highest BCUT2D eigenvalue weighted by Crippen LogP contribution is 2.07. The van der Waals surface area contributed by atoms with Crippen molar-refractivity contribution in [3.63, 3.8) is 0 Å². The standard InChI is InChI=1S/C6H10.CHN/c1-2-4-6-5-3-1;1-2/h1-2H,3-6H2;1H. The Labute approximate surface area is 50.6 Å². The summed E-state index contributed by atoms with van der Waals surface area (Å²) in [6.45, 7) is 3.50. The van der Waals surface area contributed by atoms with Crippen molar-refractivity contribution in [1.29, 1.82) is 5.26 Å². The molecule has 0 aliphatic heterocycles. The van der Waals surface area contributed by atoms with Gasteiger partial charge in [-0.1, -0.05) is 12.2 Å². The molecule has 0 radical (unpaired) electrons. The molecule has 0 saturated heterocycles. The van der Waals surface area contributed by atoms with Gasteiger partial charge < -0.3 is 0 Å². The lowest BCUT2D eigenvalue weighted by molar-refractivity contribution is 0.730. The fraction of sp³-hybridized carbons (Fsp3) is 0.571. The molecule has 1 aliphatic rings. The van der Waals surface area contributed by atoms with Gasteiger partial charge in [-0.15, -0.1) is 0 Å². The average molecular weight is 109 g/mol. The topological polar surface area (TPSA) is 23.8 Å². The van der Waals surface area contributed by atoms with Gasteiger partial charge in [-0.2, -0.15) is 0 Å². The van der Waals surface area contributed by atoms with Crippen LogP contribution in [0, 0.1) is 11.8 Å². The van der Waals surface area contributed by atoms with Crippen LogP contribution in [0.3, 0.4) is 0 Å². The first-order valence-electron chi connectivity index (χ1n) is 2.91. The summed E-state index contributed by atoms with van der Waals surface area (Å²) in [6, 6.07) is 0. The minimum Gasteiger partial charge on any atom is -0.202 e. The van der Waals surface area contributed by atoms with E-state index in [1.807, 2.05) is 0 Å². The summed E-state index contributed by atoms with van der Waals surface area (Å²) in [5.74, 6) is 0. The van der Waals surface area contributed by atoms with Crippen molar-refractivity contribution >= 4 is 0 Å². The molecule has 1 nitrogen and oxygen atoms in total. The van der Waals surface area contributed by atoms with Crippen molar-refractivity contribution in [2.75, 3.05) is 0 Å². The van der Waals surface area contributed by atoms with E-state index in [0.29, 0.717) is 0 Å². The maximum atomic E-state index is 6.50. The lowest BCUT2D eigenvalue weighted by Gasteiger charge is -1.97. The molecule has 0 spiro atoms. The van der Waals surface area contributed by atoms with Gasteiger partial charge in [0.25, 0.3) is 0 Å². The van der Waals surface area contributed by atoms with Crippen LogP contribution < -0.4 is 0 Å². The summed E-state index contributed by atoms with van der Waals surface area (Å²) in [4.78, 5) is 0. The van der Waals surface area contributed by atoms with Crippen LogP contribution in [0.15, 0.2) is 12.2 Å². The van der Waals surface area contributed by atoms with Crippen LogP contribution in [0.2, 0.25) is 0 Å². The number of hydrogen-bond acceptors (Lipinski definition) is 1. The minimum atomic E-state index is 1.32. The van der Waals surface area contributed by atoms with Crippen LogP contribution >= 0.6 is 0 Å². The van der Waals surface area contributed by atoms with Crippen LogP contribution in [0.25, 0.3) is 0 Å². The Hall–Kier alpha value is -0.770. The van der Waals surface area contributed by atoms with E-state index in [1.165, 1.54) is 25.7 Å². The van der Waals surface area contributed by atoms with Crippen molar-refractivity contribution in [3.8, 4) is 6.57 Å².